The number of hydrogen-bond donors (Lipinski definition) is 1. The van der Waals surface area contributed by atoms with Crippen molar-refractivity contribution >= 4 is 5.91 Å². The predicted octanol–water partition coefficient (Wildman–Crippen LogP) is 10.4. The molecule has 0 atom stereocenters. The number of unbranched alkanes of at least 4 members (excludes halogenated alkanes) is 26. The fraction of sp³-hybridized carbons (Fsp3) is 0.967. The molecule has 0 saturated carbocycles. The van der Waals surface area contributed by atoms with E-state index < -0.39 is 0 Å². The summed E-state index contributed by atoms with van der Waals surface area (Å²) < 4.78 is 0. The molecule has 0 spiro atoms. The van der Waals surface area contributed by atoms with Crippen molar-refractivity contribution < 1.29 is 4.79 Å². The molecule has 0 unspecified atom stereocenters. The van der Waals surface area contributed by atoms with Gasteiger partial charge in [0.1, 0.15) is 0 Å². The molecular formula is C30H61NO. The minimum Gasteiger partial charge on any atom is -0.370 e. The van der Waals surface area contributed by atoms with Crippen molar-refractivity contribution in [1.82, 2.24) is 0 Å². The molecular weight excluding hydrogens is 390 g/mol. The summed E-state index contributed by atoms with van der Waals surface area (Å²) in [5.41, 5.74) is 5.16. The molecule has 192 valence electrons. The monoisotopic (exact) mass is 451 g/mol. The second kappa shape index (κ2) is 28.5. The Labute approximate surface area is 203 Å². The highest BCUT2D eigenvalue weighted by atomic mass is 16.1. The molecule has 2 N–H and O–H groups in total. The Morgan fingerprint density at radius 3 is 0.750 bits per heavy atom. The summed E-state index contributed by atoms with van der Waals surface area (Å²) in [6, 6.07) is 0. The highest BCUT2D eigenvalue weighted by molar-refractivity contribution is 5.73. The Morgan fingerprint density at radius 1 is 0.375 bits per heavy atom. The molecule has 2 heteroatoms. The van der Waals surface area contributed by atoms with Crippen molar-refractivity contribution in [3.05, 3.63) is 0 Å². The first kappa shape index (κ1) is 31.5. The molecule has 0 aliphatic heterocycles. The van der Waals surface area contributed by atoms with E-state index >= 15 is 0 Å². The standard InChI is InChI=1S/C30H61NO/c1-2-3-4-5-6-7-8-9-10-11-12-13-14-15-16-17-18-19-20-21-22-23-24-25-26-27-28-29-30(31)32/h2-29H2,1H3,(H2,31,32). The second-order valence-corrected chi connectivity index (χ2v) is 10.4. The van der Waals surface area contributed by atoms with Crippen LogP contribution in [0.15, 0.2) is 0 Å². The third kappa shape index (κ3) is 29.5. The van der Waals surface area contributed by atoms with Gasteiger partial charge in [0.2, 0.25) is 5.91 Å². The van der Waals surface area contributed by atoms with E-state index in [-0.39, 0.29) is 5.91 Å². The van der Waals surface area contributed by atoms with Gasteiger partial charge in [-0.1, -0.05) is 174 Å². The maximum absolute atomic E-state index is 10.7. The quantitative estimate of drug-likeness (QED) is 0.118. The normalized spacial score (nSPS) is 11.3. The maximum Gasteiger partial charge on any atom is 0.217 e. The van der Waals surface area contributed by atoms with Crippen molar-refractivity contribution in [3.8, 4) is 0 Å². The van der Waals surface area contributed by atoms with Gasteiger partial charge in [-0.2, -0.15) is 0 Å². The number of carbonyl (C=O) groups is 1. The van der Waals surface area contributed by atoms with Gasteiger partial charge in [0.15, 0.2) is 0 Å². The third-order valence-electron chi connectivity index (χ3n) is 7.03. The van der Waals surface area contributed by atoms with Crippen LogP contribution in [0.5, 0.6) is 0 Å². The van der Waals surface area contributed by atoms with E-state index in [1.165, 1.54) is 167 Å². The molecule has 2 nitrogen and oxygen atoms in total. The van der Waals surface area contributed by atoms with Crippen molar-refractivity contribution in [2.75, 3.05) is 0 Å². The summed E-state index contributed by atoms with van der Waals surface area (Å²) in [5, 5.41) is 0. The summed E-state index contributed by atoms with van der Waals surface area (Å²) >= 11 is 0. The number of primary amides is 1. The molecule has 0 heterocycles. The highest BCUT2D eigenvalue weighted by Crippen LogP contribution is 2.16. The van der Waals surface area contributed by atoms with Crippen LogP contribution >= 0.6 is 0 Å². The Hall–Kier alpha value is -0.530. The van der Waals surface area contributed by atoms with Crippen LogP contribution in [-0.2, 0) is 4.79 Å². The third-order valence-corrected chi connectivity index (χ3v) is 7.03. The van der Waals surface area contributed by atoms with E-state index in [0.29, 0.717) is 6.42 Å². The van der Waals surface area contributed by atoms with Crippen molar-refractivity contribution in [2.45, 2.75) is 187 Å². The zero-order valence-corrected chi connectivity index (χ0v) is 22.3. The van der Waals surface area contributed by atoms with Gasteiger partial charge in [-0.15, -0.1) is 0 Å². The van der Waals surface area contributed by atoms with E-state index in [1.54, 1.807) is 0 Å². The first-order valence-corrected chi connectivity index (χ1v) is 15.1. The lowest BCUT2D eigenvalue weighted by atomic mass is 10.0. The summed E-state index contributed by atoms with van der Waals surface area (Å²) in [7, 11) is 0. The van der Waals surface area contributed by atoms with Gasteiger partial charge in [0.05, 0.1) is 0 Å². The largest absolute Gasteiger partial charge is 0.370 e. The average molecular weight is 452 g/mol. The molecule has 0 aromatic heterocycles. The molecule has 0 aliphatic carbocycles. The summed E-state index contributed by atoms with van der Waals surface area (Å²) in [5.74, 6) is -0.149. The lowest BCUT2D eigenvalue weighted by Crippen LogP contribution is -2.09. The fourth-order valence-corrected chi connectivity index (χ4v) is 4.79. The van der Waals surface area contributed by atoms with Gasteiger partial charge in [-0.25, -0.2) is 0 Å². The van der Waals surface area contributed by atoms with Crippen molar-refractivity contribution in [1.29, 1.82) is 0 Å². The fourth-order valence-electron chi connectivity index (χ4n) is 4.79. The minimum absolute atomic E-state index is 0.149. The van der Waals surface area contributed by atoms with Gasteiger partial charge >= 0.3 is 0 Å². The minimum atomic E-state index is -0.149. The van der Waals surface area contributed by atoms with E-state index in [2.05, 4.69) is 6.92 Å². The van der Waals surface area contributed by atoms with Crippen LogP contribution in [0.1, 0.15) is 187 Å². The zero-order valence-electron chi connectivity index (χ0n) is 22.3. The molecule has 1 amide bonds. The average Bonchev–Trinajstić information content (AvgIpc) is 2.78. The van der Waals surface area contributed by atoms with Crippen LogP contribution in [0.25, 0.3) is 0 Å². The van der Waals surface area contributed by atoms with E-state index in [9.17, 15) is 4.79 Å². The topological polar surface area (TPSA) is 43.1 Å². The van der Waals surface area contributed by atoms with Crippen LogP contribution in [0.2, 0.25) is 0 Å². The molecule has 0 aromatic carbocycles. The highest BCUT2D eigenvalue weighted by Gasteiger charge is 1.97. The van der Waals surface area contributed by atoms with Crippen LogP contribution in [0.3, 0.4) is 0 Å². The number of amides is 1. The summed E-state index contributed by atoms with van der Waals surface area (Å²) in [6.45, 7) is 2.30. The molecule has 0 saturated heterocycles. The Kier molecular flexibility index (Phi) is 28.0. The molecule has 0 fully saturated rings. The predicted molar refractivity (Wildman–Crippen MR) is 144 cm³/mol. The van der Waals surface area contributed by atoms with Crippen LogP contribution in [0, 0.1) is 0 Å². The van der Waals surface area contributed by atoms with Crippen LogP contribution < -0.4 is 5.73 Å². The first-order valence-electron chi connectivity index (χ1n) is 15.1. The molecule has 0 radical (unpaired) electrons. The van der Waals surface area contributed by atoms with Gasteiger partial charge < -0.3 is 5.73 Å². The summed E-state index contributed by atoms with van der Waals surface area (Å²) in [6.07, 6.45) is 38.7. The Morgan fingerprint density at radius 2 is 0.562 bits per heavy atom. The van der Waals surface area contributed by atoms with Gasteiger partial charge in [-0.3, -0.25) is 4.79 Å². The van der Waals surface area contributed by atoms with Crippen molar-refractivity contribution in [3.63, 3.8) is 0 Å². The molecule has 0 aromatic rings. The Bertz CT molecular complexity index is 355. The van der Waals surface area contributed by atoms with E-state index in [0.717, 1.165) is 6.42 Å². The van der Waals surface area contributed by atoms with Gasteiger partial charge in [0.25, 0.3) is 0 Å². The van der Waals surface area contributed by atoms with Gasteiger partial charge in [0, 0.05) is 6.42 Å². The SMILES string of the molecule is CCCCCCCCCCCCCCCCCCCCCCCCCCCCCC(N)=O. The maximum atomic E-state index is 10.7. The number of carbonyl (C=O) groups excluding carboxylic acids is 1. The van der Waals surface area contributed by atoms with Crippen molar-refractivity contribution in [2.24, 2.45) is 5.73 Å². The van der Waals surface area contributed by atoms with E-state index in [1.807, 2.05) is 0 Å². The number of nitrogens with two attached hydrogens (primary N) is 1. The van der Waals surface area contributed by atoms with Crippen LogP contribution in [-0.4, -0.2) is 5.91 Å². The second-order valence-electron chi connectivity index (χ2n) is 10.4. The molecule has 0 aliphatic rings. The smallest absolute Gasteiger partial charge is 0.217 e. The lowest BCUT2D eigenvalue weighted by Gasteiger charge is -2.04. The first-order chi connectivity index (χ1) is 15.8. The zero-order chi connectivity index (χ0) is 23.4. The lowest BCUT2D eigenvalue weighted by molar-refractivity contribution is -0.118. The van der Waals surface area contributed by atoms with Crippen LogP contribution in [0.4, 0.5) is 0 Å². The molecule has 32 heavy (non-hydrogen) atoms. The van der Waals surface area contributed by atoms with Gasteiger partial charge in [-0.05, 0) is 6.42 Å². The number of rotatable bonds is 28. The summed E-state index contributed by atoms with van der Waals surface area (Å²) in [4.78, 5) is 10.7. The molecule has 0 bridgehead atoms. The van der Waals surface area contributed by atoms with E-state index in [4.69, 9.17) is 5.73 Å². The Balaban J connectivity index is 3.00. The number of hydrogen-bond acceptors (Lipinski definition) is 1. The molecule has 0 rings (SSSR count).